The summed E-state index contributed by atoms with van der Waals surface area (Å²) >= 11 is 0. The Kier molecular flexibility index (Phi) is 6.22. The van der Waals surface area contributed by atoms with Crippen molar-refractivity contribution >= 4 is 17.6 Å². The Morgan fingerprint density at radius 1 is 1.33 bits per heavy atom. The normalized spacial score (nSPS) is 11.3. The van der Waals surface area contributed by atoms with Crippen molar-refractivity contribution < 1.29 is 24.2 Å². The Morgan fingerprint density at radius 3 is 2.62 bits per heavy atom. The summed E-state index contributed by atoms with van der Waals surface area (Å²) in [5.74, 6) is -1.35. The number of esters is 2. The molecule has 1 rings (SSSR count). The molecule has 1 aromatic rings. The number of aliphatic hydroxyl groups is 1. The lowest BCUT2D eigenvalue weighted by Crippen LogP contribution is -2.25. The lowest BCUT2D eigenvalue weighted by Gasteiger charge is -2.12. The van der Waals surface area contributed by atoms with E-state index in [0.29, 0.717) is 0 Å². The van der Waals surface area contributed by atoms with Crippen LogP contribution in [0.25, 0.3) is 0 Å². The van der Waals surface area contributed by atoms with Crippen molar-refractivity contribution in [2.24, 2.45) is 5.18 Å². The first-order chi connectivity index (χ1) is 9.93. The topological polar surface area (TPSA) is 102 Å². The highest BCUT2D eigenvalue weighted by atomic mass is 16.6. The van der Waals surface area contributed by atoms with E-state index < -0.39 is 18.0 Å². The van der Waals surface area contributed by atoms with Crippen LogP contribution in [0.5, 0.6) is 0 Å². The summed E-state index contributed by atoms with van der Waals surface area (Å²) in [4.78, 5) is 33.1. The van der Waals surface area contributed by atoms with Crippen LogP contribution in [0.15, 0.2) is 41.6 Å². The van der Waals surface area contributed by atoms with Crippen molar-refractivity contribution in [3.63, 3.8) is 0 Å². The average molecular weight is 293 g/mol. The number of hydrogen-bond acceptors (Lipinski definition) is 7. The quantitative estimate of drug-likeness (QED) is 0.466. The van der Waals surface area contributed by atoms with Gasteiger partial charge in [0, 0.05) is 5.57 Å². The van der Waals surface area contributed by atoms with Crippen LogP contribution in [0, 0.1) is 4.91 Å². The Hall–Kier alpha value is -2.54. The van der Waals surface area contributed by atoms with Crippen LogP contribution in [0.4, 0.5) is 5.69 Å². The molecule has 0 heterocycles. The SMILES string of the molecule is C=C(C)C(=O)OCC(O)COC(=O)c1cccc(N=O)c1. The fraction of sp³-hybridized carbons (Fsp3) is 0.286. The second-order valence-electron chi connectivity index (χ2n) is 4.27. The predicted molar refractivity (Wildman–Crippen MR) is 74.0 cm³/mol. The van der Waals surface area contributed by atoms with E-state index in [9.17, 15) is 19.6 Å². The van der Waals surface area contributed by atoms with Crippen molar-refractivity contribution in [2.75, 3.05) is 13.2 Å². The van der Waals surface area contributed by atoms with Gasteiger partial charge >= 0.3 is 11.9 Å². The van der Waals surface area contributed by atoms with Gasteiger partial charge in [0.25, 0.3) is 0 Å². The van der Waals surface area contributed by atoms with Crippen LogP contribution in [-0.4, -0.2) is 36.4 Å². The van der Waals surface area contributed by atoms with Gasteiger partial charge in [-0.3, -0.25) is 0 Å². The molecule has 21 heavy (non-hydrogen) atoms. The predicted octanol–water partition coefficient (Wildman–Crippen LogP) is 1.72. The van der Waals surface area contributed by atoms with Crippen molar-refractivity contribution in [3.8, 4) is 0 Å². The third-order valence-electron chi connectivity index (χ3n) is 2.35. The monoisotopic (exact) mass is 293 g/mol. The maximum absolute atomic E-state index is 11.7. The summed E-state index contributed by atoms with van der Waals surface area (Å²) in [6.45, 7) is 4.21. The number of ether oxygens (including phenoxy) is 2. The fourth-order valence-corrected chi connectivity index (χ4v) is 1.29. The molecule has 1 unspecified atom stereocenters. The highest BCUT2D eigenvalue weighted by molar-refractivity contribution is 5.90. The van der Waals surface area contributed by atoms with Gasteiger partial charge in [-0.1, -0.05) is 12.6 Å². The van der Waals surface area contributed by atoms with Crippen LogP contribution < -0.4 is 0 Å². The number of carbonyl (C=O) groups excluding carboxylic acids is 2. The van der Waals surface area contributed by atoms with E-state index in [1.165, 1.54) is 31.2 Å². The first-order valence-corrected chi connectivity index (χ1v) is 6.05. The minimum absolute atomic E-state index is 0.0976. The number of nitrogens with zero attached hydrogens (tertiary/aromatic N) is 1. The first-order valence-electron chi connectivity index (χ1n) is 6.05. The van der Waals surface area contributed by atoms with Gasteiger partial charge in [0.15, 0.2) is 0 Å². The van der Waals surface area contributed by atoms with Crippen LogP contribution in [0.3, 0.4) is 0 Å². The summed E-state index contributed by atoms with van der Waals surface area (Å²) in [6.07, 6.45) is -1.15. The standard InChI is InChI=1S/C14H15NO6/c1-9(2)13(17)20-7-12(16)8-21-14(18)10-4-3-5-11(6-10)15-19/h3-6,12,16H,1,7-8H2,2H3. The molecule has 0 aliphatic heterocycles. The second kappa shape index (κ2) is 7.91. The molecular formula is C14H15NO6. The van der Waals surface area contributed by atoms with E-state index in [-0.39, 0.29) is 30.0 Å². The lowest BCUT2D eigenvalue weighted by atomic mass is 10.2. The van der Waals surface area contributed by atoms with Crippen molar-refractivity contribution in [1.29, 1.82) is 0 Å². The number of rotatable bonds is 7. The van der Waals surface area contributed by atoms with Crippen LogP contribution in [-0.2, 0) is 14.3 Å². The Labute approximate surface area is 121 Å². The minimum Gasteiger partial charge on any atom is -0.459 e. The Bertz CT molecular complexity index is 554. The summed E-state index contributed by atoms with van der Waals surface area (Å²) in [5, 5.41) is 12.2. The van der Waals surface area contributed by atoms with E-state index in [0.717, 1.165) is 0 Å². The number of carbonyl (C=O) groups is 2. The zero-order chi connectivity index (χ0) is 15.8. The van der Waals surface area contributed by atoms with Gasteiger partial charge in [0.2, 0.25) is 0 Å². The summed E-state index contributed by atoms with van der Waals surface area (Å²) in [7, 11) is 0. The van der Waals surface area contributed by atoms with Crippen LogP contribution in [0.1, 0.15) is 17.3 Å². The van der Waals surface area contributed by atoms with Gasteiger partial charge in [0.1, 0.15) is 25.0 Å². The maximum atomic E-state index is 11.7. The van der Waals surface area contributed by atoms with Gasteiger partial charge in [-0.25, -0.2) is 9.59 Å². The summed E-state index contributed by atoms with van der Waals surface area (Å²) < 4.78 is 9.54. The second-order valence-corrected chi connectivity index (χ2v) is 4.27. The van der Waals surface area contributed by atoms with Crippen molar-refractivity contribution in [1.82, 2.24) is 0 Å². The highest BCUT2D eigenvalue weighted by Crippen LogP contribution is 2.14. The molecule has 0 fully saturated rings. The minimum atomic E-state index is -1.15. The van der Waals surface area contributed by atoms with E-state index in [2.05, 4.69) is 11.8 Å². The fourth-order valence-electron chi connectivity index (χ4n) is 1.29. The molecule has 0 aromatic heterocycles. The average Bonchev–Trinajstić information content (AvgIpc) is 2.49. The third kappa shape index (κ3) is 5.53. The molecule has 0 amide bonds. The lowest BCUT2D eigenvalue weighted by molar-refractivity contribution is -0.142. The number of nitroso groups, excluding NO2 is 1. The zero-order valence-corrected chi connectivity index (χ0v) is 11.4. The molecule has 0 aliphatic rings. The molecule has 0 spiro atoms. The highest BCUT2D eigenvalue weighted by Gasteiger charge is 2.13. The zero-order valence-electron chi connectivity index (χ0n) is 11.4. The maximum Gasteiger partial charge on any atom is 0.338 e. The Balaban J connectivity index is 2.43. The molecular weight excluding hydrogens is 278 g/mol. The molecule has 0 saturated heterocycles. The smallest absolute Gasteiger partial charge is 0.338 e. The number of aliphatic hydroxyl groups excluding tert-OH is 1. The van der Waals surface area contributed by atoms with E-state index in [1.807, 2.05) is 0 Å². The molecule has 0 aliphatic carbocycles. The van der Waals surface area contributed by atoms with E-state index >= 15 is 0 Å². The van der Waals surface area contributed by atoms with Crippen molar-refractivity contribution in [2.45, 2.75) is 13.0 Å². The molecule has 1 atom stereocenters. The molecule has 0 bridgehead atoms. The van der Waals surface area contributed by atoms with Gasteiger partial charge in [-0.2, -0.15) is 0 Å². The largest absolute Gasteiger partial charge is 0.459 e. The van der Waals surface area contributed by atoms with Gasteiger partial charge in [-0.15, -0.1) is 4.91 Å². The van der Waals surface area contributed by atoms with Crippen molar-refractivity contribution in [3.05, 3.63) is 46.9 Å². The molecule has 7 nitrogen and oxygen atoms in total. The van der Waals surface area contributed by atoms with Crippen LogP contribution in [0.2, 0.25) is 0 Å². The van der Waals surface area contributed by atoms with Gasteiger partial charge in [-0.05, 0) is 30.3 Å². The molecule has 112 valence electrons. The Morgan fingerprint density at radius 2 is 2.00 bits per heavy atom. The third-order valence-corrected chi connectivity index (χ3v) is 2.35. The molecule has 0 radical (unpaired) electrons. The van der Waals surface area contributed by atoms with Crippen LogP contribution >= 0.6 is 0 Å². The number of hydrogen-bond donors (Lipinski definition) is 1. The summed E-state index contributed by atoms with van der Waals surface area (Å²) in [5.41, 5.74) is 0.441. The first kappa shape index (κ1) is 16.5. The summed E-state index contributed by atoms with van der Waals surface area (Å²) in [6, 6.07) is 5.64. The van der Waals surface area contributed by atoms with E-state index in [1.54, 1.807) is 0 Å². The van der Waals surface area contributed by atoms with E-state index in [4.69, 9.17) is 9.47 Å². The number of benzene rings is 1. The molecule has 0 saturated carbocycles. The van der Waals surface area contributed by atoms with Gasteiger partial charge in [0.05, 0.1) is 5.56 Å². The molecule has 1 aromatic carbocycles. The molecule has 1 N–H and O–H groups in total. The van der Waals surface area contributed by atoms with Gasteiger partial charge < -0.3 is 14.6 Å². The molecule has 7 heteroatoms.